The monoisotopic (exact) mass is 247 g/mol. The lowest BCUT2D eigenvalue weighted by Crippen LogP contribution is -2.31. The van der Waals surface area contributed by atoms with E-state index in [0.717, 1.165) is 12.8 Å². The second-order valence-corrected chi connectivity index (χ2v) is 5.30. The third-order valence-electron chi connectivity index (χ3n) is 3.81. The Morgan fingerprint density at radius 3 is 2.11 bits per heavy atom. The maximum Gasteiger partial charge on any atom is 0.0434 e. The minimum atomic E-state index is 0.288. The van der Waals surface area contributed by atoms with Gasteiger partial charge in [0.2, 0.25) is 0 Å². The second kappa shape index (κ2) is 7.55. The van der Waals surface area contributed by atoms with Crippen molar-refractivity contribution >= 4 is 0 Å². The third kappa shape index (κ3) is 4.43. The Balaban J connectivity index is 1.75. The van der Waals surface area contributed by atoms with E-state index >= 15 is 0 Å². The van der Waals surface area contributed by atoms with E-state index in [-0.39, 0.29) is 6.61 Å². The average Bonchev–Trinajstić information content (AvgIpc) is 2.45. The van der Waals surface area contributed by atoms with E-state index in [9.17, 15) is 0 Å². The molecule has 1 heterocycles. The van der Waals surface area contributed by atoms with Crippen LogP contribution in [0.25, 0.3) is 0 Å². The highest BCUT2D eigenvalue weighted by molar-refractivity contribution is 5.22. The van der Waals surface area contributed by atoms with Gasteiger partial charge in [0.15, 0.2) is 0 Å². The van der Waals surface area contributed by atoms with Gasteiger partial charge in [0.05, 0.1) is 0 Å². The van der Waals surface area contributed by atoms with Crippen molar-refractivity contribution in [3.63, 3.8) is 0 Å². The zero-order chi connectivity index (χ0) is 12.6. The van der Waals surface area contributed by atoms with Crippen LogP contribution in [-0.2, 0) is 12.8 Å². The SMILES string of the molecule is OCCCc1ccc(CCN2CCCCC2)cc1. The summed E-state index contributed by atoms with van der Waals surface area (Å²) in [5.41, 5.74) is 2.78. The summed E-state index contributed by atoms with van der Waals surface area (Å²) >= 11 is 0. The van der Waals surface area contributed by atoms with Crippen LogP contribution in [0.4, 0.5) is 0 Å². The fourth-order valence-corrected chi connectivity index (χ4v) is 2.63. The van der Waals surface area contributed by atoms with Crippen molar-refractivity contribution in [3.8, 4) is 0 Å². The van der Waals surface area contributed by atoms with E-state index in [2.05, 4.69) is 29.2 Å². The van der Waals surface area contributed by atoms with Crippen LogP contribution in [0.1, 0.15) is 36.8 Å². The molecule has 2 rings (SSSR count). The first-order valence-electron chi connectivity index (χ1n) is 7.29. The molecule has 0 aromatic heterocycles. The van der Waals surface area contributed by atoms with Gasteiger partial charge in [0.1, 0.15) is 0 Å². The van der Waals surface area contributed by atoms with Gasteiger partial charge in [-0.1, -0.05) is 30.7 Å². The van der Waals surface area contributed by atoms with Gasteiger partial charge in [-0.2, -0.15) is 0 Å². The van der Waals surface area contributed by atoms with Crippen LogP contribution < -0.4 is 0 Å². The molecular formula is C16H25NO. The topological polar surface area (TPSA) is 23.5 Å². The number of piperidine rings is 1. The van der Waals surface area contributed by atoms with Gasteiger partial charge in [-0.05, 0) is 56.3 Å². The van der Waals surface area contributed by atoms with Crippen LogP contribution in [0.5, 0.6) is 0 Å². The summed E-state index contributed by atoms with van der Waals surface area (Å²) in [5, 5.41) is 8.81. The first-order valence-corrected chi connectivity index (χ1v) is 7.29. The Hall–Kier alpha value is -0.860. The van der Waals surface area contributed by atoms with Crippen molar-refractivity contribution in [1.82, 2.24) is 4.90 Å². The molecule has 1 N–H and O–H groups in total. The highest BCUT2D eigenvalue weighted by Crippen LogP contribution is 2.11. The number of benzene rings is 1. The number of likely N-dealkylation sites (tertiary alicyclic amines) is 1. The van der Waals surface area contributed by atoms with Crippen molar-refractivity contribution in [2.24, 2.45) is 0 Å². The normalized spacial score (nSPS) is 16.9. The molecule has 0 amide bonds. The van der Waals surface area contributed by atoms with Crippen molar-refractivity contribution in [2.45, 2.75) is 38.5 Å². The number of aliphatic hydroxyl groups is 1. The molecule has 0 spiro atoms. The maximum absolute atomic E-state index is 8.81. The molecule has 0 atom stereocenters. The van der Waals surface area contributed by atoms with Gasteiger partial charge in [0.25, 0.3) is 0 Å². The van der Waals surface area contributed by atoms with E-state index in [1.165, 1.54) is 56.4 Å². The minimum Gasteiger partial charge on any atom is -0.396 e. The molecule has 0 unspecified atom stereocenters. The van der Waals surface area contributed by atoms with Crippen LogP contribution in [0.2, 0.25) is 0 Å². The highest BCUT2D eigenvalue weighted by atomic mass is 16.2. The van der Waals surface area contributed by atoms with Crippen molar-refractivity contribution in [3.05, 3.63) is 35.4 Å². The van der Waals surface area contributed by atoms with Crippen molar-refractivity contribution in [2.75, 3.05) is 26.2 Å². The first kappa shape index (κ1) is 13.6. The molecule has 1 fully saturated rings. The fraction of sp³-hybridized carbons (Fsp3) is 0.625. The molecule has 1 aromatic rings. The number of hydrogen-bond acceptors (Lipinski definition) is 2. The van der Waals surface area contributed by atoms with E-state index in [1.54, 1.807) is 0 Å². The van der Waals surface area contributed by atoms with E-state index in [4.69, 9.17) is 5.11 Å². The molecular weight excluding hydrogens is 222 g/mol. The summed E-state index contributed by atoms with van der Waals surface area (Å²) in [4.78, 5) is 2.59. The standard InChI is InChI=1S/C16H25NO/c18-14-4-5-15-6-8-16(9-7-15)10-13-17-11-2-1-3-12-17/h6-9,18H,1-5,10-14H2. The summed E-state index contributed by atoms with van der Waals surface area (Å²) in [7, 11) is 0. The molecule has 1 aliphatic heterocycles. The van der Waals surface area contributed by atoms with Crippen LogP contribution in [0.3, 0.4) is 0 Å². The highest BCUT2D eigenvalue weighted by Gasteiger charge is 2.09. The number of aryl methyl sites for hydroxylation is 1. The number of aliphatic hydroxyl groups excluding tert-OH is 1. The Morgan fingerprint density at radius 2 is 1.50 bits per heavy atom. The molecule has 0 aliphatic carbocycles. The molecule has 0 radical (unpaired) electrons. The zero-order valence-electron chi connectivity index (χ0n) is 11.3. The van der Waals surface area contributed by atoms with Crippen LogP contribution >= 0.6 is 0 Å². The van der Waals surface area contributed by atoms with Gasteiger partial charge in [-0.25, -0.2) is 0 Å². The number of nitrogens with zero attached hydrogens (tertiary/aromatic N) is 1. The quantitative estimate of drug-likeness (QED) is 0.835. The van der Waals surface area contributed by atoms with E-state index in [0.29, 0.717) is 0 Å². The summed E-state index contributed by atoms with van der Waals surface area (Å²) in [6.07, 6.45) is 7.19. The van der Waals surface area contributed by atoms with Gasteiger partial charge in [0, 0.05) is 13.2 Å². The van der Waals surface area contributed by atoms with Gasteiger partial charge in [-0.3, -0.25) is 0 Å². The molecule has 0 bridgehead atoms. The molecule has 18 heavy (non-hydrogen) atoms. The Labute approximate surface area is 111 Å². The minimum absolute atomic E-state index is 0.288. The lowest BCUT2D eigenvalue weighted by Gasteiger charge is -2.26. The lowest BCUT2D eigenvalue weighted by molar-refractivity contribution is 0.231. The maximum atomic E-state index is 8.81. The average molecular weight is 247 g/mol. The summed E-state index contributed by atoms with van der Waals surface area (Å²) in [5.74, 6) is 0. The second-order valence-electron chi connectivity index (χ2n) is 5.30. The first-order chi connectivity index (χ1) is 8.88. The molecule has 100 valence electrons. The molecule has 2 heteroatoms. The number of rotatable bonds is 6. The van der Waals surface area contributed by atoms with Crippen LogP contribution in [0, 0.1) is 0 Å². The molecule has 2 nitrogen and oxygen atoms in total. The molecule has 1 aliphatic rings. The Kier molecular flexibility index (Phi) is 5.69. The van der Waals surface area contributed by atoms with Crippen molar-refractivity contribution < 1.29 is 5.11 Å². The van der Waals surface area contributed by atoms with Crippen LogP contribution in [0.15, 0.2) is 24.3 Å². The Bertz CT molecular complexity index is 327. The molecule has 1 aromatic carbocycles. The van der Waals surface area contributed by atoms with Gasteiger partial charge < -0.3 is 10.0 Å². The van der Waals surface area contributed by atoms with Gasteiger partial charge >= 0.3 is 0 Å². The third-order valence-corrected chi connectivity index (χ3v) is 3.81. The summed E-state index contributed by atoms with van der Waals surface area (Å²) in [6, 6.07) is 8.91. The summed E-state index contributed by atoms with van der Waals surface area (Å²) < 4.78 is 0. The largest absolute Gasteiger partial charge is 0.396 e. The van der Waals surface area contributed by atoms with E-state index < -0.39 is 0 Å². The molecule has 0 saturated carbocycles. The van der Waals surface area contributed by atoms with E-state index in [1.807, 2.05) is 0 Å². The number of hydrogen-bond donors (Lipinski definition) is 1. The zero-order valence-corrected chi connectivity index (χ0v) is 11.3. The predicted octanol–water partition coefficient (Wildman–Crippen LogP) is 2.64. The lowest BCUT2D eigenvalue weighted by atomic mass is 10.0. The van der Waals surface area contributed by atoms with Gasteiger partial charge in [-0.15, -0.1) is 0 Å². The Morgan fingerprint density at radius 1 is 0.889 bits per heavy atom. The molecule has 1 saturated heterocycles. The smallest absolute Gasteiger partial charge is 0.0434 e. The summed E-state index contributed by atoms with van der Waals surface area (Å²) in [6.45, 7) is 4.07. The fourth-order valence-electron chi connectivity index (χ4n) is 2.63. The van der Waals surface area contributed by atoms with Crippen LogP contribution in [-0.4, -0.2) is 36.2 Å². The van der Waals surface area contributed by atoms with Crippen molar-refractivity contribution in [1.29, 1.82) is 0 Å². The predicted molar refractivity (Wildman–Crippen MR) is 75.8 cm³/mol.